The average molecular weight is 611 g/mol. The summed E-state index contributed by atoms with van der Waals surface area (Å²) >= 11 is 0. The fourth-order valence-corrected chi connectivity index (χ4v) is 7.20. The summed E-state index contributed by atoms with van der Waals surface area (Å²) in [7, 11) is 0. The van der Waals surface area contributed by atoms with Gasteiger partial charge in [-0.3, -0.25) is 0 Å². The van der Waals surface area contributed by atoms with E-state index in [0.29, 0.717) is 11.1 Å². The molecule has 9 aromatic rings. The van der Waals surface area contributed by atoms with Crippen LogP contribution in [0.2, 0.25) is 0 Å². The van der Waals surface area contributed by atoms with E-state index in [-0.39, 0.29) is 0 Å². The minimum atomic E-state index is 0.647. The lowest BCUT2D eigenvalue weighted by atomic mass is 9.96. The summed E-state index contributed by atoms with van der Waals surface area (Å²) in [6.45, 7) is 0. The van der Waals surface area contributed by atoms with Gasteiger partial charge in [-0.1, -0.05) is 78.9 Å². The van der Waals surface area contributed by atoms with Gasteiger partial charge >= 0.3 is 0 Å². The van der Waals surface area contributed by atoms with Gasteiger partial charge in [0.25, 0.3) is 0 Å². The van der Waals surface area contributed by atoms with Crippen LogP contribution in [0, 0.1) is 22.7 Å². The molecule has 0 saturated heterocycles. The molecule has 7 aromatic carbocycles. The van der Waals surface area contributed by atoms with Crippen LogP contribution < -0.4 is 0 Å². The molecular weight excluding hydrogens is 585 g/mol. The van der Waals surface area contributed by atoms with E-state index in [2.05, 4.69) is 137 Å². The highest BCUT2D eigenvalue weighted by molar-refractivity contribution is 6.14. The normalized spacial score (nSPS) is 11.3. The largest absolute Gasteiger partial charge is 0.309 e. The summed E-state index contributed by atoms with van der Waals surface area (Å²) in [6, 6.07) is 59.1. The summed E-state index contributed by atoms with van der Waals surface area (Å²) in [6.07, 6.45) is 0. The number of benzene rings is 7. The zero-order chi connectivity index (χ0) is 32.2. The Balaban J connectivity index is 1.23. The molecule has 0 fully saturated rings. The lowest BCUT2D eigenvalue weighted by molar-refractivity contribution is 1.18. The number of nitriles is 2. The van der Waals surface area contributed by atoms with Crippen LogP contribution in [0.3, 0.4) is 0 Å². The van der Waals surface area contributed by atoms with E-state index < -0.39 is 0 Å². The van der Waals surface area contributed by atoms with Crippen LogP contribution in [-0.4, -0.2) is 9.13 Å². The van der Waals surface area contributed by atoms with Crippen LogP contribution in [0.5, 0.6) is 0 Å². The van der Waals surface area contributed by atoms with Gasteiger partial charge in [0.2, 0.25) is 0 Å². The minimum Gasteiger partial charge on any atom is -0.309 e. The average Bonchev–Trinajstić information content (AvgIpc) is 3.67. The van der Waals surface area contributed by atoms with Crippen LogP contribution in [0.25, 0.3) is 77.2 Å². The molecule has 9 rings (SSSR count). The molecule has 0 unspecified atom stereocenters. The van der Waals surface area contributed by atoms with Gasteiger partial charge in [0.05, 0.1) is 45.3 Å². The van der Waals surface area contributed by atoms with Gasteiger partial charge in [0.15, 0.2) is 0 Å². The van der Waals surface area contributed by atoms with Crippen LogP contribution in [0.15, 0.2) is 158 Å². The minimum absolute atomic E-state index is 0.647. The second-order valence-corrected chi connectivity index (χ2v) is 12.0. The van der Waals surface area contributed by atoms with Crippen molar-refractivity contribution in [2.75, 3.05) is 0 Å². The molecule has 4 heteroatoms. The van der Waals surface area contributed by atoms with E-state index in [0.717, 1.165) is 66.5 Å². The first-order valence-electron chi connectivity index (χ1n) is 15.9. The van der Waals surface area contributed by atoms with E-state index in [4.69, 9.17) is 0 Å². The van der Waals surface area contributed by atoms with Gasteiger partial charge in [-0.2, -0.15) is 10.5 Å². The van der Waals surface area contributed by atoms with Gasteiger partial charge in [-0.25, -0.2) is 0 Å². The zero-order valence-electron chi connectivity index (χ0n) is 25.8. The van der Waals surface area contributed by atoms with Crippen molar-refractivity contribution >= 4 is 43.6 Å². The SMILES string of the molecule is N#Cc1ccc(-n2c3ccccc3c3cc(-c4cccc(-c5cccc6c7cc(C#N)ccc7n(-c7ccccc7)c56)c4)ccc32)cc1. The number of para-hydroxylation sites is 3. The van der Waals surface area contributed by atoms with Crippen molar-refractivity contribution in [1.82, 2.24) is 9.13 Å². The molecule has 0 atom stereocenters. The van der Waals surface area contributed by atoms with Gasteiger partial charge in [-0.05, 0) is 95.6 Å². The number of hydrogen-bond acceptors (Lipinski definition) is 2. The summed E-state index contributed by atoms with van der Waals surface area (Å²) in [5.41, 5.74) is 12.4. The van der Waals surface area contributed by atoms with Crippen molar-refractivity contribution in [3.8, 4) is 45.8 Å². The Morgan fingerprint density at radius 2 is 0.979 bits per heavy atom. The Bertz CT molecular complexity index is 2790. The van der Waals surface area contributed by atoms with Crippen molar-refractivity contribution < 1.29 is 0 Å². The molecule has 0 aliphatic carbocycles. The van der Waals surface area contributed by atoms with Crippen LogP contribution in [0.1, 0.15) is 11.1 Å². The van der Waals surface area contributed by atoms with Crippen molar-refractivity contribution in [3.05, 3.63) is 169 Å². The molecule has 2 heterocycles. The molecule has 0 aliphatic heterocycles. The Hall–Kier alpha value is -6.88. The molecule has 48 heavy (non-hydrogen) atoms. The van der Waals surface area contributed by atoms with Gasteiger partial charge in [-0.15, -0.1) is 0 Å². The molecule has 2 aromatic heterocycles. The molecule has 4 nitrogen and oxygen atoms in total. The number of aromatic nitrogens is 2. The number of hydrogen-bond donors (Lipinski definition) is 0. The third-order valence-corrected chi connectivity index (χ3v) is 9.36. The van der Waals surface area contributed by atoms with Gasteiger partial charge in [0.1, 0.15) is 0 Å². The van der Waals surface area contributed by atoms with E-state index in [1.165, 1.54) is 10.8 Å². The number of nitrogens with zero attached hydrogens (tertiary/aromatic N) is 4. The molecular formula is C44H26N4. The van der Waals surface area contributed by atoms with Crippen molar-refractivity contribution in [3.63, 3.8) is 0 Å². The second-order valence-electron chi connectivity index (χ2n) is 12.0. The molecule has 0 spiro atoms. The van der Waals surface area contributed by atoms with E-state index >= 15 is 0 Å². The maximum Gasteiger partial charge on any atom is 0.0991 e. The summed E-state index contributed by atoms with van der Waals surface area (Å²) < 4.78 is 4.59. The Morgan fingerprint density at radius 3 is 1.81 bits per heavy atom. The fraction of sp³-hybridized carbons (Fsp3) is 0. The highest BCUT2D eigenvalue weighted by Crippen LogP contribution is 2.40. The quantitative estimate of drug-likeness (QED) is 0.199. The van der Waals surface area contributed by atoms with E-state index in [9.17, 15) is 10.5 Å². The predicted molar refractivity (Wildman–Crippen MR) is 195 cm³/mol. The molecule has 0 amide bonds. The molecule has 0 bridgehead atoms. The highest BCUT2D eigenvalue weighted by Gasteiger charge is 2.18. The zero-order valence-corrected chi connectivity index (χ0v) is 25.8. The first kappa shape index (κ1) is 27.4. The third-order valence-electron chi connectivity index (χ3n) is 9.36. The van der Waals surface area contributed by atoms with Crippen LogP contribution in [0.4, 0.5) is 0 Å². The molecule has 0 N–H and O–H groups in total. The fourth-order valence-electron chi connectivity index (χ4n) is 7.20. The van der Waals surface area contributed by atoms with Crippen LogP contribution >= 0.6 is 0 Å². The first-order chi connectivity index (χ1) is 23.7. The smallest absolute Gasteiger partial charge is 0.0991 e. The molecule has 0 saturated carbocycles. The van der Waals surface area contributed by atoms with Crippen molar-refractivity contribution in [2.24, 2.45) is 0 Å². The predicted octanol–water partition coefficient (Wildman–Crippen LogP) is 11.0. The first-order valence-corrected chi connectivity index (χ1v) is 15.9. The standard InChI is InChI=1S/C44H26N4/c45-27-29-16-20-35(21-17-29)47-41-15-5-4-12-37(41)40-26-32(19-23-42(40)47)31-8-6-9-33(25-31)36-13-7-14-38-39-24-30(28-46)18-22-43(39)48(44(36)38)34-10-2-1-3-11-34/h1-26H. The molecule has 0 aliphatic rings. The molecule has 222 valence electrons. The van der Waals surface area contributed by atoms with Crippen LogP contribution in [-0.2, 0) is 0 Å². The lowest BCUT2D eigenvalue weighted by Gasteiger charge is -2.13. The lowest BCUT2D eigenvalue weighted by Crippen LogP contribution is -1.95. The maximum absolute atomic E-state index is 9.70. The summed E-state index contributed by atoms with van der Waals surface area (Å²) in [5.74, 6) is 0. The Labute approximate surface area is 277 Å². The number of fused-ring (bicyclic) bond motifs is 6. The summed E-state index contributed by atoms with van der Waals surface area (Å²) in [5, 5.41) is 23.6. The Kier molecular flexibility index (Phi) is 6.22. The Morgan fingerprint density at radius 1 is 0.375 bits per heavy atom. The monoisotopic (exact) mass is 610 g/mol. The van der Waals surface area contributed by atoms with Crippen molar-refractivity contribution in [1.29, 1.82) is 10.5 Å². The van der Waals surface area contributed by atoms with E-state index in [1.54, 1.807) is 0 Å². The van der Waals surface area contributed by atoms with Gasteiger partial charge in [0, 0.05) is 38.5 Å². The maximum atomic E-state index is 9.70. The topological polar surface area (TPSA) is 57.4 Å². The van der Waals surface area contributed by atoms with Gasteiger partial charge < -0.3 is 9.13 Å². The van der Waals surface area contributed by atoms with E-state index in [1.807, 2.05) is 42.5 Å². The third kappa shape index (κ3) is 4.22. The molecule has 0 radical (unpaired) electrons. The highest BCUT2D eigenvalue weighted by atomic mass is 15.0. The van der Waals surface area contributed by atoms with Crippen molar-refractivity contribution in [2.45, 2.75) is 0 Å². The summed E-state index contributed by atoms with van der Waals surface area (Å²) in [4.78, 5) is 0. The second kappa shape index (κ2) is 10.9. The number of rotatable bonds is 4.